The van der Waals surface area contributed by atoms with E-state index in [4.69, 9.17) is 17.3 Å². The molecule has 0 amide bonds. The predicted molar refractivity (Wildman–Crippen MR) is 67.4 cm³/mol. The topological polar surface area (TPSA) is 26.0 Å². The molecular weight excluding hydrogens is 226 g/mol. The van der Waals surface area contributed by atoms with Crippen LogP contribution in [-0.2, 0) is 6.54 Å². The van der Waals surface area contributed by atoms with Gasteiger partial charge in [-0.3, -0.25) is 0 Å². The Balaban J connectivity index is 2.48. The highest BCUT2D eigenvalue weighted by atomic mass is 35.5. The van der Waals surface area contributed by atoms with Gasteiger partial charge in [-0.2, -0.15) is 0 Å². The van der Waals surface area contributed by atoms with E-state index in [2.05, 4.69) is 18.4 Å². The molecule has 1 nitrogen and oxygen atoms in total. The van der Waals surface area contributed by atoms with Gasteiger partial charge in [0.05, 0.1) is 0 Å². The lowest BCUT2D eigenvalue weighted by atomic mass is 10.1. The fourth-order valence-electron chi connectivity index (χ4n) is 1.48. The van der Waals surface area contributed by atoms with Gasteiger partial charge in [0.15, 0.2) is 0 Å². The largest absolute Gasteiger partial charge is 0.326 e. The number of benzene rings is 1. The Morgan fingerprint density at radius 2 is 2.13 bits per heavy atom. The van der Waals surface area contributed by atoms with Crippen molar-refractivity contribution in [3.63, 3.8) is 0 Å². The minimum Gasteiger partial charge on any atom is -0.326 e. The summed E-state index contributed by atoms with van der Waals surface area (Å²) in [4.78, 5) is 1.23. The second-order valence-electron chi connectivity index (χ2n) is 3.48. The Hall–Kier alpha value is -0.830. The lowest BCUT2D eigenvalue weighted by Crippen LogP contribution is -1.92. The molecule has 3 heteroatoms. The molecule has 0 aliphatic carbocycles. The monoisotopic (exact) mass is 237 g/mol. The molecule has 1 aromatic carbocycles. The summed E-state index contributed by atoms with van der Waals surface area (Å²) in [5.74, 6) is 0. The average molecular weight is 238 g/mol. The zero-order valence-corrected chi connectivity index (χ0v) is 10.0. The molecule has 2 N–H and O–H groups in total. The number of rotatable bonds is 2. The summed E-state index contributed by atoms with van der Waals surface area (Å²) in [6.07, 6.45) is 0. The smallest absolute Gasteiger partial charge is 0.0412 e. The molecule has 1 heterocycles. The minimum atomic E-state index is 0.593. The first-order valence-electron chi connectivity index (χ1n) is 4.74. The first kappa shape index (κ1) is 10.7. The van der Waals surface area contributed by atoms with Gasteiger partial charge in [-0.15, -0.1) is 11.3 Å². The van der Waals surface area contributed by atoms with Gasteiger partial charge < -0.3 is 5.73 Å². The van der Waals surface area contributed by atoms with E-state index in [1.165, 1.54) is 21.6 Å². The molecule has 15 heavy (non-hydrogen) atoms. The Kier molecular flexibility index (Phi) is 3.10. The molecule has 0 spiro atoms. The third kappa shape index (κ3) is 2.23. The number of hydrogen-bond acceptors (Lipinski definition) is 2. The van der Waals surface area contributed by atoms with Gasteiger partial charge in [0.1, 0.15) is 0 Å². The van der Waals surface area contributed by atoms with E-state index in [0.717, 1.165) is 5.02 Å². The van der Waals surface area contributed by atoms with E-state index >= 15 is 0 Å². The van der Waals surface area contributed by atoms with E-state index in [-0.39, 0.29) is 0 Å². The standard InChI is InChI=1S/C12H12ClNS/c1-8-2-3-10(13)5-11(8)12-4-9(6-14)7-15-12/h2-5,7H,6,14H2,1H3. The fraction of sp³-hybridized carbons (Fsp3) is 0.167. The van der Waals surface area contributed by atoms with Crippen LogP contribution in [0.3, 0.4) is 0 Å². The van der Waals surface area contributed by atoms with Crippen LogP contribution in [0.2, 0.25) is 5.02 Å². The molecule has 0 atom stereocenters. The summed E-state index contributed by atoms with van der Waals surface area (Å²) in [7, 11) is 0. The maximum Gasteiger partial charge on any atom is 0.0412 e. The van der Waals surface area contributed by atoms with Crippen LogP contribution < -0.4 is 5.73 Å². The van der Waals surface area contributed by atoms with Crippen LogP contribution in [0.4, 0.5) is 0 Å². The number of hydrogen-bond donors (Lipinski definition) is 1. The Morgan fingerprint density at radius 1 is 1.33 bits per heavy atom. The lowest BCUT2D eigenvalue weighted by Gasteiger charge is -2.03. The van der Waals surface area contributed by atoms with Crippen molar-refractivity contribution in [1.29, 1.82) is 0 Å². The third-order valence-electron chi connectivity index (χ3n) is 2.35. The van der Waals surface area contributed by atoms with Crippen LogP contribution in [0.15, 0.2) is 29.6 Å². The number of nitrogens with two attached hydrogens (primary N) is 1. The molecular formula is C12H12ClNS. The summed E-state index contributed by atoms with van der Waals surface area (Å²) < 4.78 is 0. The minimum absolute atomic E-state index is 0.593. The highest BCUT2D eigenvalue weighted by Crippen LogP contribution is 2.31. The van der Waals surface area contributed by atoms with Gasteiger partial charge in [0.25, 0.3) is 0 Å². The summed E-state index contributed by atoms with van der Waals surface area (Å²) in [5.41, 5.74) is 9.21. The molecule has 0 aliphatic rings. The van der Waals surface area contributed by atoms with Crippen molar-refractivity contribution in [2.75, 3.05) is 0 Å². The molecule has 0 unspecified atom stereocenters. The average Bonchev–Trinajstić information content (AvgIpc) is 2.70. The van der Waals surface area contributed by atoms with Crippen molar-refractivity contribution >= 4 is 22.9 Å². The van der Waals surface area contributed by atoms with Crippen molar-refractivity contribution < 1.29 is 0 Å². The van der Waals surface area contributed by atoms with Crippen molar-refractivity contribution in [3.8, 4) is 10.4 Å². The summed E-state index contributed by atoms with van der Waals surface area (Å²) in [6, 6.07) is 8.09. The number of aryl methyl sites for hydroxylation is 1. The number of thiophene rings is 1. The van der Waals surface area contributed by atoms with Crippen LogP contribution in [0.1, 0.15) is 11.1 Å². The van der Waals surface area contributed by atoms with E-state index in [0.29, 0.717) is 6.54 Å². The summed E-state index contributed by atoms with van der Waals surface area (Å²) in [5, 5.41) is 2.87. The van der Waals surface area contributed by atoms with E-state index in [9.17, 15) is 0 Å². The summed E-state index contributed by atoms with van der Waals surface area (Å²) >= 11 is 7.70. The Morgan fingerprint density at radius 3 is 2.80 bits per heavy atom. The molecule has 0 aliphatic heterocycles. The van der Waals surface area contributed by atoms with Gasteiger partial charge in [-0.25, -0.2) is 0 Å². The second-order valence-corrected chi connectivity index (χ2v) is 4.83. The SMILES string of the molecule is Cc1ccc(Cl)cc1-c1cc(CN)cs1. The van der Waals surface area contributed by atoms with E-state index in [1.54, 1.807) is 11.3 Å². The zero-order valence-electron chi connectivity index (χ0n) is 8.46. The van der Waals surface area contributed by atoms with Crippen molar-refractivity contribution in [2.45, 2.75) is 13.5 Å². The Bertz CT molecular complexity index is 476. The van der Waals surface area contributed by atoms with Gasteiger partial charge >= 0.3 is 0 Å². The van der Waals surface area contributed by atoms with Crippen LogP contribution >= 0.6 is 22.9 Å². The van der Waals surface area contributed by atoms with E-state index < -0.39 is 0 Å². The van der Waals surface area contributed by atoms with Crippen molar-refractivity contribution in [1.82, 2.24) is 0 Å². The quantitative estimate of drug-likeness (QED) is 0.844. The van der Waals surface area contributed by atoms with Crippen molar-refractivity contribution in [3.05, 3.63) is 45.8 Å². The maximum absolute atomic E-state index is 5.99. The third-order valence-corrected chi connectivity index (χ3v) is 3.60. The Labute approximate surface area is 98.5 Å². The molecule has 2 rings (SSSR count). The first-order valence-corrected chi connectivity index (χ1v) is 6.00. The maximum atomic E-state index is 5.99. The van der Waals surface area contributed by atoms with Gasteiger partial charge in [0, 0.05) is 16.4 Å². The molecule has 78 valence electrons. The molecule has 2 aromatic rings. The summed E-state index contributed by atoms with van der Waals surface area (Å²) in [6.45, 7) is 2.68. The zero-order chi connectivity index (χ0) is 10.8. The molecule has 0 saturated heterocycles. The van der Waals surface area contributed by atoms with Crippen LogP contribution in [0.5, 0.6) is 0 Å². The van der Waals surface area contributed by atoms with Gasteiger partial charge in [-0.1, -0.05) is 17.7 Å². The molecule has 0 saturated carbocycles. The predicted octanol–water partition coefficient (Wildman–Crippen LogP) is 3.84. The molecule has 0 radical (unpaired) electrons. The molecule has 0 fully saturated rings. The second kappa shape index (κ2) is 4.35. The van der Waals surface area contributed by atoms with Gasteiger partial charge in [-0.05, 0) is 47.2 Å². The molecule has 1 aromatic heterocycles. The van der Waals surface area contributed by atoms with Crippen molar-refractivity contribution in [2.24, 2.45) is 5.73 Å². The number of halogens is 1. The van der Waals surface area contributed by atoms with Gasteiger partial charge in [0.2, 0.25) is 0 Å². The first-order chi connectivity index (χ1) is 7.20. The lowest BCUT2D eigenvalue weighted by molar-refractivity contribution is 1.08. The highest BCUT2D eigenvalue weighted by molar-refractivity contribution is 7.13. The van der Waals surface area contributed by atoms with E-state index in [1.807, 2.05) is 18.2 Å². The highest BCUT2D eigenvalue weighted by Gasteiger charge is 2.05. The van der Waals surface area contributed by atoms with Crippen LogP contribution in [0.25, 0.3) is 10.4 Å². The normalized spacial score (nSPS) is 10.6. The fourth-order valence-corrected chi connectivity index (χ4v) is 2.66. The van der Waals surface area contributed by atoms with Crippen LogP contribution in [-0.4, -0.2) is 0 Å². The molecule has 0 bridgehead atoms. The van der Waals surface area contributed by atoms with Crippen LogP contribution in [0, 0.1) is 6.92 Å².